The summed E-state index contributed by atoms with van der Waals surface area (Å²) in [6.45, 7) is 1.16. The van der Waals surface area contributed by atoms with Crippen LogP contribution in [0.15, 0.2) is 0 Å². The number of hydrogen-bond donors (Lipinski definition) is 2. The quantitative estimate of drug-likeness (QED) is 0.620. The maximum absolute atomic E-state index is 9.79. The Hall–Kier alpha value is -0.0800. The monoisotopic (exact) mass is 169 g/mol. The van der Waals surface area contributed by atoms with Crippen molar-refractivity contribution in [2.24, 2.45) is 5.92 Å². The predicted molar refractivity (Wildman–Crippen MR) is 49.0 cm³/mol. The third-order valence-corrected chi connectivity index (χ3v) is 3.40. The van der Waals surface area contributed by atoms with E-state index in [-0.39, 0.29) is 6.10 Å². The van der Waals surface area contributed by atoms with Gasteiger partial charge in [-0.1, -0.05) is 12.8 Å². The minimum atomic E-state index is -0.0191. The third-order valence-electron chi connectivity index (χ3n) is 3.40. The summed E-state index contributed by atoms with van der Waals surface area (Å²) in [6.07, 6.45) is 7.37. The fraction of sp³-hybridized carbons (Fsp3) is 1.00. The van der Waals surface area contributed by atoms with Crippen LogP contribution in [0.3, 0.4) is 0 Å². The highest BCUT2D eigenvalue weighted by Gasteiger charge is 2.31. The van der Waals surface area contributed by atoms with E-state index in [0.29, 0.717) is 12.0 Å². The SMILES string of the molecule is O[C@@H]1CCCC[C@H]1[C@@H]1CCCN1. The van der Waals surface area contributed by atoms with Crippen LogP contribution in [0.1, 0.15) is 38.5 Å². The summed E-state index contributed by atoms with van der Waals surface area (Å²) in [5.74, 6) is 0.557. The zero-order valence-corrected chi connectivity index (χ0v) is 7.63. The molecule has 0 unspecified atom stereocenters. The van der Waals surface area contributed by atoms with E-state index < -0.39 is 0 Å². The fourth-order valence-corrected chi connectivity index (χ4v) is 2.69. The molecule has 1 aliphatic heterocycles. The first-order valence-electron chi connectivity index (χ1n) is 5.29. The van der Waals surface area contributed by atoms with Gasteiger partial charge in [-0.25, -0.2) is 0 Å². The molecule has 12 heavy (non-hydrogen) atoms. The molecule has 0 bridgehead atoms. The van der Waals surface area contributed by atoms with Gasteiger partial charge < -0.3 is 10.4 Å². The van der Waals surface area contributed by atoms with Gasteiger partial charge in [0.2, 0.25) is 0 Å². The lowest BCUT2D eigenvalue weighted by Gasteiger charge is -2.32. The maximum atomic E-state index is 9.79. The number of rotatable bonds is 1. The van der Waals surface area contributed by atoms with Gasteiger partial charge in [-0.05, 0) is 32.2 Å². The first kappa shape index (κ1) is 8.52. The van der Waals surface area contributed by atoms with Gasteiger partial charge in [-0.15, -0.1) is 0 Å². The molecular weight excluding hydrogens is 150 g/mol. The van der Waals surface area contributed by atoms with Crippen molar-refractivity contribution in [1.29, 1.82) is 0 Å². The molecule has 0 aromatic carbocycles. The van der Waals surface area contributed by atoms with Crippen molar-refractivity contribution in [3.8, 4) is 0 Å². The Morgan fingerprint density at radius 1 is 1.00 bits per heavy atom. The Bertz CT molecular complexity index is 143. The molecule has 1 heterocycles. The van der Waals surface area contributed by atoms with Gasteiger partial charge in [0.1, 0.15) is 0 Å². The van der Waals surface area contributed by atoms with E-state index in [1.807, 2.05) is 0 Å². The van der Waals surface area contributed by atoms with Gasteiger partial charge >= 0.3 is 0 Å². The topological polar surface area (TPSA) is 32.3 Å². The fourth-order valence-electron chi connectivity index (χ4n) is 2.69. The molecule has 1 saturated heterocycles. The smallest absolute Gasteiger partial charge is 0.0583 e. The molecule has 1 aliphatic carbocycles. The number of nitrogens with one attached hydrogen (secondary N) is 1. The van der Waals surface area contributed by atoms with Crippen LogP contribution in [0.4, 0.5) is 0 Å². The molecule has 2 nitrogen and oxygen atoms in total. The second kappa shape index (κ2) is 3.75. The molecular formula is C10H19NO. The average molecular weight is 169 g/mol. The van der Waals surface area contributed by atoms with Crippen LogP contribution in [-0.4, -0.2) is 23.8 Å². The van der Waals surface area contributed by atoms with Crippen molar-refractivity contribution >= 4 is 0 Å². The van der Waals surface area contributed by atoms with Gasteiger partial charge in [-0.3, -0.25) is 0 Å². The average Bonchev–Trinajstić information content (AvgIpc) is 2.57. The largest absolute Gasteiger partial charge is 0.393 e. The van der Waals surface area contributed by atoms with Gasteiger partial charge in [-0.2, -0.15) is 0 Å². The standard InChI is InChI=1S/C10H19NO/c12-10-6-2-1-4-8(10)9-5-3-7-11-9/h8-12H,1-7H2/t8-,9-,10+/m0/s1. The Morgan fingerprint density at radius 3 is 2.50 bits per heavy atom. The first-order chi connectivity index (χ1) is 5.88. The Labute approximate surface area is 74.4 Å². The zero-order valence-electron chi connectivity index (χ0n) is 7.63. The van der Waals surface area contributed by atoms with Crippen molar-refractivity contribution in [3.63, 3.8) is 0 Å². The van der Waals surface area contributed by atoms with Crippen LogP contribution in [0.5, 0.6) is 0 Å². The van der Waals surface area contributed by atoms with E-state index in [1.54, 1.807) is 0 Å². The summed E-state index contributed by atoms with van der Waals surface area (Å²) in [6, 6.07) is 0.625. The first-order valence-corrected chi connectivity index (χ1v) is 5.29. The Balaban J connectivity index is 1.91. The molecule has 2 fully saturated rings. The molecule has 2 N–H and O–H groups in total. The molecule has 0 amide bonds. The molecule has 0 aromatic heterocycles. The summed E-state index contributed by atoms with van der Waals surface area (Å²) < 4.78 is 0. The summed E-state index contributed by atoms with van der Waals surface area (Å²) in [7, 11) is 0. The lowest BCUT2D eigenvalue weighted by Crippen LogP contribution is -2.39. The molecule has 70 valence electrons. The van der Waals surface area contributed by atoms with E-state index in [1.165, 1.54) is 32.1 Å². The molecule has 0 radical (unpaired) electrons. The van der Waals surface area contributed by atoms with Gasteiger partial charge in [0.15, 0.2) is 0 Å². The third kappa shape index (κ3) is 1.64. The minimum absolute atomic E-state index is 0.0191. The lowest BCUT2D eigenvalue weighted by molar-refractivity contribution is 0.0521. The van der Waals surface area contributed by atoms with Crippen LogP contribution in [0.25, 0.3) is 0 Å². The van der Waals surface area contributed by atoms with Crippen molar-refractivity contribution in [2.45, 2.75) is 50.7 Å². The van der Waals surface area contributed by atoms with E-state index in [2.05, 4.69) is 5.32 Å². The van der Waals surface area contributed by atoms with Gasteiger partial charge in [0.25, 0.3) is 0 Å². The summed E-state index contributed by atoms with van der Waals surface area (Å²) in [5.41, 5.74) is 0. The Kier molecular flexibility index (Phi) is 2.66. The molecule has 2 aliphatic rings. The van der Waals surface area contributed by atoms with Crippen molar-refractivity contribution in [1.82, 2.24) is 5.32 Å². The van der Waals surface area contributed by atoms with E-state index in [0.717, 1.165) is 13.0 Å². The van der Waals surface area contributed by atoms with E-state index >= 15 is 0 Å². The minimum Gasteiger partial charge on any atom is -0.393 e. The van der Waals surface area contributed by atoms with Gasteiger partial charge in [0.05, 0.1) is 6.10 Å². The summed E-state index contributed by atoms with van der Waals surface area (Å²) >= 11 is 0. The van der Waals surface area contributed by atoms with E-state index in [9.17, 15) is 5.11 Å². The van der Waals surface area contributed by atoms with E-state index in [4.69, 9.17) is 0 Å². The second-order valence-electron chi connectivity index (χ2n) is 4.22. The maximum Gasteiger partial charge on any atom is 0.0583 e. The highest BCUT2D eigenvalue weighted by atomic mass is 16.3. The molecule has 2 rings (SSSR count). The molecule has 0 aromatic rings. The van der Waals surface area contributed by atoms with Crippen LogP contribution in [0, 0.1) is 5.92 Å². The Morgan fingerprint density at radius 2 is 1.83 bits per heavy atom. The number of aliphatic hydroxyl groups is 1. The number of aliphatic hydroxyl groups excluding tert-OH is 1. The van der Waals surface area contributed by atoms with Crippen LogP contribution >= 0.6 is 0 Å². The molecule has 2 heteroatoms. The summed E-state index contributed by atoms with van der Waals surface area (Å²) in [4.78, 5) is 0. The second-order valence-corrected chi connectivity index (χ2v) is 4.22. The molecule has 0 spiro atoms. The molecule has 1 saturated carbocycles. The summed E-state index contributed by atoms with van der Waals surface area (Å²) in [5, 5.41) is 13.3. The zero-order chi connectivity index (χ0) is 8.39. The predicted octanol–water partition coefficient (Wildman–Crippen LogP) is 1.29. The normalized spacial score (nSPS) is 43.2. The van der Waals surface area contributed by atoms with Crippen LogP contribution < -0.4 is 5.32 Å². The van der Waals surface area contributed by atoms with Crippen LogP contribution in [0.2, 0.25) is 0 Å². The number of hydrogen-bond acceptors (Lipinski definition) is 2. The van der Waals surface area contributed by atoms with Crippen molar-refractivity contribution < 1.29 is 5.11 Å². The van der Waals surface area contributed by atoms with Gasteiger partial charge in [0, 0.05) is 12.0 Å². The molecule has 3 atom stereocenters. The highest BCUT2D eigenvalue weighted by molar-refractivity contribution is 4.87. The van der Waals surface area contributed by atoms with Crippen LogP contribution in [-0.2, 0) is 0 Å². The van der Waals surface area contributed by atoms with Crippen molar-refractivity contribution in [3.05, 3.63) is 0 Å². The lowest BCUT2D eigenvalue weighted by atomic mass is 9.81. The highest BCUT2D eigenvalue weighted by Crippen LogP contribution is 2.30. The van der Waals surface area contributed by atoms with Crippen molar-refractivity contribution in [2.75, 3.05) is 6.54 Å².